The largest absolute Gasteiger partial charge is 0.294 e. The summed E-state index contributed by atoms with van der Waals surface area (Å²) in [5.74, 6) is -0.404. The van der Waals surface area contributed by atoms with Gasteiger partial charge in [0.05, 0.1) is 12.1 Å². The summed E-state index contributed by atoms with van der Waals surface area (Å²) in [6.07, 6.45) is 4.82. The molecule has 0 bridgehead atoms. The minimum atomic E-state index is -0.728. The van der Waals surface area contributed by atoms with Crippen molar-refractivity contribution < 1.29 is 9.59 Å². The van der Waals surface area contributed by atoms with Gasteiger partial charge in [0.15, 0.2) is 0 Å². The molecule has 0 fully saturated rings. The highest BCUT2D eigenvalue weighted by molar-refractivity contribution is 5.99. The maximum atomic E-state index is 13.8. The van der Waals surface area contributed by atoms with Crippen molar-refractivity contribution in [3.05, 3.63) is 189 Å². The van der Waals surface area contributed by atoms with Crippen molar-refractivity contribution in [2.24, 2.45) is 0 Å². The molecule has 0 radical (unpaired) electrons. The average molecular weight is 651 g/mol. The van der Waals surface area contributed by atoms with Gasteiger partial charge in [0.1, 0.15) is 12.1 Å². The summed E-state index contributed by atoms with van der Waals surface area (Å²) < 4.78 is 0. The first-order valence-electron chi connectivity index (χ1n) is 16.6. The molecule has 242 valence electrons. The number of nitrogens with zero attached hydrogens (tertiary/aromatic N) is 4. The average Bonchev–Trinajstić information content (AvgIpc) is 3.15. The van der Waals surface area contributed by atoms with Gasteiger partial charge < -0.3 is 0 Å². The molecular formula is C44H34N4O2. The van der Waals surface area contributed by atoms with Crippen LogP contribution in [0.2, 0.25) is 0 Å². The van der Waals surface area contributed by atoms with E-state index in [-0.39, 0.29) is 11.8 Å². The minimum Gasteiger partial charge on any atom is -0.294 e. The Morgan fingerprint density at radius 2 is 0.900 bits per heavy atom. The predicted octanol–water partition coefficient (Wildman–Crippen LogP) is 8.91. The second-order valence-corrected chi connectivity index (χ2v) is 12.8. The zero-order valence-electron chi connectivity index (χ0n) is 27.9. The van der Waals surface area contributed by atoms with E-state index >= 15 is 0 Å². The Kier molecular flexibility index (Phi) is 8.69. The SMILES string of the molecule is Cc1ccccc1C(=O)N1C=C(Cc2ccc(CC3=CN(C(=O)c4ccccc4C)C(C#N)c4ccccc43)cc2)c2ccccc2C1C#N. The van der Waals surface area contributed by atoms with Gasteiger partial charge in [-0.3, -0.25) is 19.4 Å². The molecule has 6 nitrogen and oxygen atoms in total. The fourth-order valence-electron chi connectivity index (χ4n) is 7.00. The van der Waals surface area contributed by atoms with Crippen molar-refractivity contribution in [1.29, 1.82) is 10.5 Å². The van der Waals surface area contributed by atoms with Crippen LogP contribution in [0.5, 0.6) is 0 Å². The topological polar surface area (TPSA) is 88.2 Å². The van der Waals surface area contributed by atoms with Gasteiger partial charge in [0.2, 0.25) is 0 Å². The Hall–Kier alpha value is -6.50. The second-order valence-electron chi connectivity index (χ2n) is 12.8. The van der Waals surface area contributed by atoms with Crippen molar-refractivity contribution in [2.75, 3.05) is 0 Å². The Morgan fingerprint density at radius 3 is 1.28 bits per heavy atom. The monoisotopic (exact) mass is 650 g/mol. The van der Waals surface area contributed by atoms with Gasteiger partial charge in [0.25, 0.3) is 11.8 Å². The van der Waals surface area contributed by atoms with Crippen LogP contribution in [0.3, 0.4) is 0 Å². The zero-order valence-corrected chi connectivity index (χ0v) is 27.9. The van der Waals surface area contributed by atoms with Crippen molar-refractivity contribution in [2.45, 2.75) is 38.8 Å². The van der Waals surface area contributed by atoms with Crippen LogP contribution in [0.1, 0.15) is 77.3 Å². The molecule has 2 aliphatic rings. The smallest absolute Gasteiger partial charge is 0.259 e. The van der Waals surface area contributed by atoms with Crippen LogP contribution < -0.4 is 0 Å². The lowest BCUT2D eigenvalue weighted by molar-refractivity contribution is 0.0785. The number of nitriles is 2. The maximum absolute atomic E-state index is 13.8. The van der Waals surface area contributed by atoms with E-state index in [2.05, 4.69) is 36.4 Å². The summed E-state index contributed by atoms with van der Waals surface area (Å²) in [6, 6.07) is 42.1. The fraction of sp³-hybridized carbons (Fsp3) is 0.136. The van der Waals surface area contributed by atoms with E-state index in [9.17, 15) is 20.1 Å². The number of fused-ring (bicyclic) bond motifs is 2. The highest BCUT2D eigenvalue weighted by Gasteiger charge is 2.33. The number of hydrogen-bond acceptors (Lipinski definition) is 4. The molecule has 7 rings (SSSR count). The molecule has 2 heterocycles. The molecule has 5 aromatic carbocycles. The van der Waals surface area contributed by atoms with E-state index in [1.54, 1.807) is 21.9 Å². The van der Waals surface area contributed by atoms with E-state index in [4.69, 9.17) is 0 Å². The van der Waals surface area contributed by atoms with Crippen LogP contribution in [-0.4, -0.2) is 21.6 Å². The van der Waals surface area contributed by atoms with Gasteiger partial charge >= 0.3 is 0 Å². The summed E-state index contributed by atoms with van der Waals surface area (Å²) in [7, 11) is 0. The summed E-state index contributed by atoms with van der Waals surface area (Å²) in [6.45, 7) is 3.81. The molecule has 0 spiro atoms. The molecule has 0 saturated heterocycles. The van der Waals surface area contributed by atoms with Crippen LogP contribution in [0.4, 0.5) is 0 Å². The van der Waals surface area contributed by atoms with E-state index in [1.807, 2.05) is 111 Å². The first-order valence-corrected chi connectivity index (χ1v) is 16.6. The molecule has 2 unspecified atom stereocenters. The van der Waals surface area contributed by atoms with E-state index in [0.717, 1.165) is 55.7 Å². The molecular weight excluding hydrogens is 617 g/mol. The molecule has 2 amide bonds. The number of amides is 2. The Balaban J connectivity index is 1.18. The lowest BCUT2D eigenvalue weighted by atomic mass is 9.86. The summed E-state index contributed by atoms with van der Waals surface area (Å²) in [5.41, 5.74) is 10.5. The standard InChI is InChI=1S/C44H34N4O2/c1-29-11-3-5-13-35(29)43(49)47-27-33(37-15-7-9-17-39(37)41(47)25-45)23-31-19-21-32(22-20-31)24-34-28-48(44(50)36-14-6-4-12-30(36)2)42(26-46)40-18-10-8-16-38(34)40/h3-22,27-28,41-42H,23-24H2,1-2H3. The highest BCUT2D eigenvalue weighted by Crippen LogP contribution is 2.39. The van der Waals surface area contributed by atoms with Crippen molar-refractivity contribution in [3.63, 3.8) is 0 Å². The number of carbonyl (C=O) groups is 2. The first-order chi connectivity index (χ1) is 24.4. The minimum absolute atomic E-state index is 0.202. The third-order valence-electron chi connectivity index (χ3n) is 9.63. The van der Waals surface area contributed by atoms with Gasteiger partial charge in [-0.25, -0.2) is 0 Å². The molecule has 0 saturated carbocycles. The van der Waals surface area contributed by atoms with Gasteiger partial charge in [-0.2, -0.15) is 10.5 Å². The molecule has 2 atom stereocenters. The van der Waals surface area contributed by atoms with Crippen LogP contribution in [0.25, 0.3) is 11.1 Å². The number of aryl methyl sites for hydroxylation is 2. The van der Waals surface area contributed by atoms with E-state index in [0.29, 0.717) is 24.0 Å². The third-order valence-corrected chi connectivity index (χ3v) is 9.63. The van der Waals surface area contributed by atoms with Gasteiger partial charge in [0, 0.05) is 23.5 Å². The summed E-state index contributed by atoms with van der Waals surface area (Å²) in [5, 5.41) is 20.4. The second kappa shape index (κ2) is 13.5. The number of rotatable bonds is 6. The van der Waals surface area contributed by atoms with Crippen LogP contribution in [0.15, 0.2) is 134 Å². The number of benzene rings is 5. The molecule has 6 heteroatoms. The van der Waals surface area contributed by atoms with Gasteiger partial charge in [-0.05, 0) is 94.5 Å². The maximum Gasteiger partial charge on any atom is 0.259 e. The van der Waals surface area contributed by atoms with Crippen LogP contribution in [0, 0.1) is 36.5 Å². The van der Waals surface area contributed by atoms with E-state index in [1.165, 1.54) is 0 Å². The molecule has 2 aliphatic heterocycles. The zero-order chi connectivity index (χ0) is 34.8. The van der Waals surface area contributed by atoms with Crippen LogP contribution in [-0.2, 0) is 12.8 Å². The van der Waals surface area contributed by atoms with Crippen molar-refractivity contribution in [3.8, 4) is 12.1 Å². The molecule has 0 aromatic heterocycles. The van der Waals surface area contributed by atoms with Crippen LogP contribution >= 0.6 is 0 Å². The van der Waals surface area contributed by atoms with Crippen molar-refractivity contribution >= 4 is 23.0 Å². The highest BCUT2D eigenvalue weighted by atomic mass is 16.2. The number of hydrogen-bond donors (Lipinski definition) is 0. The molecule has 5 aromatic rings. The van der Waals surface area contributed by atoms with Crippen molar-refractivity contribution in [1.82, 2.24) is 9.80 Å². The lowest BCUT2D eigenvalue weighted by Gasteiger charge is -2.32. The summed E-state index contributed by atoms with van der Waals surface area (Å²) >= 11 is 0. The summed E-state index contributed by atoms with van der Waals surface area (Å²) in [4.78, 5) is 30.7. The number of carbonyl (C=O) groups excluding carboxylic acids is 2. The first kappa shape index (κ1) is 32.1. The molecule has 50 heavy (non-hydrogen) atoms. The lowest BCUT2D eigenvalue weighted by Crippen LogP contribution is -2.33. The Labute approximate surface area is 292 Å². The Morgan fingerprint density at radius 1 is 0.540 bits per heavy atom. The Bertz CT molecular complexity index is 2120. The fourth-order valence-corrected chi connectivity index (χ4v) is 7.00. The van der Waals surface area contributed by atoms with Gasteiger partial charge in [-0.15, -0.1) is 0 Å². The third kappa shape index (κ3) is 5.89. The number of allylic oxidation sites excluding steroid dienone is 2. The van der Waals surface area contributed by atoms with Gasteiger partial charge in [-0.1, -0.05) is 109 Å². The predicted molar refractivity (Wildman–Crippen MR) is 194 cm³/mol. The molecule has 0 aliphatic carbocycles. The normalized spacial score (nSPS) is 16.2. The van der Waals surface area contributed by atoms with E-state index < -0.39 is 12.1 Å². The quantitative estimate of drug-likeness (QED) is 0.184. The molecule has 0 N–H and O–H groups in total.